The van der Waals surface area contributed by atoms with E-state index in [1.54, 1.807) is 31.3 Å². The molecular weight excluding hydrogens is 703 g/mol. The van der Waals surface area contributed by atoms with E-state index in [9.17, 15) is 15.5 Å². The van der Waals surface area contributed by atoms with Crippen molar-refractivity contribution in [2.75, 3.05) is 39.5 Å². The highest BCUT2D eigenvalue weighted by Crippen LogP contribution is 2.40. The average Bonchev–Trinajstić information content (AvgIpc) is 3.13. The molecule has 0 saturated heterocycles. The first-order chi connectivity index (χ1) is 24.2. The van der Waals surface area contributed by atoms with Crippen molar-refractivity contribution in [3.8, 4) is 34.4 Å². The predicted octanol–water partition coefficient (Wildman–Crippen LogP) is 6.31. The van der Waals surface area contributed by atoms with Crippen molar-refractivity contribution in [2.24, 2.45) is 0 Å². The van der Waals surface area contributed by atoms with Crippen LogP contribution in [-0.2, 0) is 19.8 Å². The minimum Gasteiger partial charge on any atom is -0.492 e. The Bertz CT molecular complexity index is 1750. The van der Waals surface area contributed by atoms with Gasteiger partial charge in [0.15, 0.2) is 0 Å². The molecule has 0 unspecified atom stereocenters. The molecule has 4 rings (SSSR count). The number of hydrogen-bond donors (Lipinski definition) is 5. The van der Waals surface area contributed by atoms with E-state index in [4.69, 9.17) is 54.1 Å². The number of aromatic nitrogens is 1. The van der Waals surface area contributed by atoms with E-state index in [1.165, 1.54) is 6.20 Å². The minimum atomic E-state index is -0.932. The Morgan fingerprint density at radius 3 is 2.26 bits per heavy atom. The van der Waals surface area contributed by atoms with Crippen LogP contribution in [0, 0.1) is 11.3 Å². The first kappa shape index (κ1) is 39.2. The van der Waals surface area contributed by atoms with Gasteiger partial charge in [-0.15, -0.1) is 0 Å². The van der Waals surface area contributed by atoms with Gasteiger partial charge >= 0.3 is 0 Å². The Kier molecular flexibility index (Phi) is 15.4. The van der Waals surface area contributed by atoms with E-state index < -0.39 is 5.54 Å². The third-order valence-electron chi connectivity index (χ3n) is 7.82. The summed E-state index contributed by atoms with van der Waals surface area (Å²) in [4.78, 5) is 4.10. The Morgan fingerprint density at radius 1 is 0.800 bits per heavy atom. The van der Waals surface area contributed by atoms with Crippen molar-refractivity contribution < 1.29 is 29.5 Å². The van der Waals surface area contributed by atoms with Gasteiger partial charge in [-0.05, 0) is 51.1 Å². The standard InChI is InChI=1S/C37H41Cl3N4O6/c1-37(23-46,24-47)44-20-28-15-31(38)34(16-33(28)49-21-26-14-25(17-41)18-43-19-26)50-22-27-6-2-7-29(35(27)39)30-8-3-9-32(36(30)40)48-13-5-11-42-10-4-12-45/h2-3,6-9,14-16,18-19,42,44-47H,4-5,10-13,20-24H2,1H3. The molecule has 10 nitrogen and oxygen atoms in total. The molecule has 1 heterocycles. The second kappa shape index (κ2) is 19.7. The van der Waals surface area contributed by atoms with Gasteiger partial charge in [0.05, 0.1) is 46.0 Å². The van der Waals surface area contributed by atoms with Gasteiger partial charge < -0.3 is 40.2 Å². The third kappa shape index (κ3) is 10.9. The largest absolute Gasteiger partial charge is 0.492 e. The highest BCUT2D eigenvalue weighted by molar-refractivity contribution is 6.37. The zero-order valence-electron chi connectivity index (χ0n) is 27.7. The molecule has 5 N–H and O–H groups in total. The lowest BCUT2D eigenvalue weighted by atomic mass is 10.0. The number of benzene rings is 3. The minimum absolute atomic E-state index is 0.0851. The number of aliphatic hydroxyl groups excluding tert-OH is 3. The van der Waals surface area contributed by atoms with Crippen LogP contribution < -0.4 is 24.8 Å². The van der Waals surface area contributed by atoms with E-state index in [1.807, 2.05) is 36.4 Å². The van der Waals surface area contributed by atoms with Crippen molar-refractivity contribution in [2.45, 2.75) is 45.1 Å². The second-order valence-corrected chi connectivity index (χ2v) is 13.0. The van der Waals surface area contributed by atoms with Gasteiger partial charge in [0.25, 0.3) is 0 Å². The predicted molar refractivity (Wildman–Crippen MR) is 195 cm³/mol. The van der Waals surface area contributed by atoms with Crippen molar-refractivity contribution in [1.82, 2.24) is 15.6 Å². The number of nitriles is 1. The molecule has 0 saturated carbocycles. The summed E-state index contributed by atoms with van der Waals surface area (Å²) >= 11 is 20.4. The van der Waals surface area contributed by atoms with Gasteiger partial charge in [0.2, 0.25) is 0 Å². The number of nitrogens with zero attached hydrogens (tertiary/aromatic N) is 2. The van der Waals surface area contributed by atoms with E-state index in [2.05, 4.69) is 21.7 Å². The molecule has 1 aromatic heterocycles. The molecule has 0 aliphatic heterocycles. The van der Waals surface area contributed by atoms with Gasteiger partial charge in [0, 0.05) is 59.4 Å². The van der Waals surface area contributed by atoms with Gasteiger partial charge in [-0.25, -0.2) is 0 Å². The summed E-state index contributed by atoms with van der Waals surface area (Å²) in [6.07, 6.45) is 4.58. The van der Waals surface area contributed by atoms with Crippen molar-refractivity contribution in [1.29, 1.82) is 5.26 Å². The number of nitrogens with one attached hydrogen (secondary N) is 2. The van der Waals surface area contributed by atoms with Crippen molar-refractivity contribution in [3.05, 3.63) is 104 Å². The molecule has 4 aromatic rings. The van der Waals surface area contributed by atoms with Crippen molar-refractivity contribution in [3.63, 3.8) is 0 Å². The number of hydrogen-bond acceptors (Lipinski definition) is 10. The normalized spacial score (nSPS) is 11.3. The highest BCUT2D eigenvalue weighted by Gasteiger charge is 2.23. The molecule has 266 valence electrons. The second-order valence-electron chi connectivity index (χ2n) is 11.8. The fourth-order valence-corrected chi connectivity index (χ4v) is 5.62. The molecule has 0 amide bonds. The maximum atomic E-state index is 9.76. The molecule has 0 spiro atoms. The molecular formula is C37H41Cl3N4O6. The van der Waals surface area contributed by atoms with Gasteiger partial charge in [-0.1, -0.05) is 65.1 Å². The number of rotatable bonds is 20. The lowest BCUT2D eigenvalue weighted by Gasteiger charge is -2.27. The van der Waals surface area contributed by atoms with Crippen LogP contribution in [0.3, 0.4) is 0 Å². The SMILES string of the molecule is CC(CO)(CO)NCc1cc(Cl)c(OCc2cccc(-c3cccc(OCCCNCCCO)c3Cl)c2Cl)cc1OCc1cncc(C#N)c1. The fraction of sp³-hybridized carbons (Fsp3) is 0.351. The summed E-state index contributed by atoms with van der Waals surface area (Å²) in [5.41, 5.74) is 2.97. The molecule has 0 radical (unpaired) electrons. The van der Waals surface area contributed by atoms with Crippen LogP contribution in [0.1, 0.15) is 42.0 Å². The first-order valence-corrected chi connectivity index (χ1v) is 17.2. The summed E-state index contributed by atoms with van der Waals surface area (Å²) < 4.78 is 18.3. The average molecular weight is 744 g/mol. The van der Waals surface area contributed by atoms with Crippen LogP contribution in [0.4, 0.5) is 0 Å². The topological polar surface area (TPSA) is 149 Å². The van der Waals surface area contributed by atoms with Crippen LogP contribution in [0.25, 0.3) is 11.1 Å². The number of ether oxygens (including phenoxy) is 3. The Labute approximate surface area is 307 Å². The molecule has 13 heteroatoms. The molecule has 0 aliphatic carbocycles. The van der Waals surface area contributed by atoms with Gasteiger partial charge in [-0.3, -0.25) is 4.98 Å². The summed E-state index contributed by atoms with van der Waals surface area (Å²) in [5, 5.41) is 45.3. The Balaban J connectivity index is 1.51. The van der Waals surface area contributed by atoms with Crippen LogP contribution >= 0.6 is 34.8 Å². The van der Waals surface area contributed by atoms with Gasteiger partial charge in [-0.2, -0.15) is 5.26 Å². The monoisotopic (exact) mass is 742 g/mol. The van der Waals surface area contributed by atoms with Crippen molar-refractivity contribution >= 4 is 34.8 Å². The maximum Gasteiger partial charge on any atom is 0.142 e. The Morgan fingerprint density at radius 2 is 1.52 bits per heavy atom. The number of pyridine rings is 1. The molecule has 0 fully saturated rings. The Hall–Kier alpha value is -3.63. The first-order valence-electron chi connectivity index (χ1n) is 16.1. The summed E-state index contributed by atoms with van der Waals surface area (Å²) in [6, 6.07) is 18.3. The smallest absolute Gasteiger partial charge is 0.142 e. The quantitative estimate of drug-likeness (QED) is 0.0652. The summed E-state index contributed by atoms with van der Waals surface area (Å²) in [5.74, 6) is 1.35. The zero-order valence-corrected chi connectivity index (χ0v) is 30.0. The molecule has 0 atom stereocenters. The van der Waals surface area contributed by atoms with E-state index in [0.717, 1.165) is 30.6 Å². The van der Waals surface area contributed by atoms with E-state index >= 15 is 0 Å². The van der Waals surface area contributed by atoms with E-state index in [0.29, 0.717) is 67.6 Å². The number of aliphatic hydroxyl groups is 3. The molecule has 0 aliphatic rings. The van der Waals surface area contributed by atoms with Crippen LogP contribution in [0.2, 0.25) is 15.1 Å². The molecule has 3 aromatic carbocycles. The summed E-state index contributed by atoms with van der Waals surface area (Å²) in [6.45, 7) is 3.71. The molecule has 0 bridgehead atoms. The molecule has 50 heavy (non-hydrogen) atoms. The number of halogens is 3. The van der Waals surface area contributed by atoms with Crippen LogP contribution in [-0.4, -0.2) is 65.4 Å². The highest BCUT2D eigenvalue weighted by atomic mass is 35.5. The van der Waals surface area contributed by atoms with Crippen LogP contribution in [0.15, 0.2) is 67.0 Å². The van der Waals surface area contributed by atoms with Gasteiger partial charge in [0.1, 0.15) is 36.5 Å². The third-order valence-corrected chi connectivity index (χ3v) is 8.95. The maximum absolute atomic E-state index is 9.76. The van der Waals surface area contributed by atoms with Crippen LogP contribution in [0.5, 0.6) is 17.2 Å². The fourth-order valence-electron chi connectivity index (χ4n) is 4.81. The van der Waals surface area contributed by atoms with E-state index in [-0.39, 0.29) is 39.6 Å². The zero-order chi connectivity index (χ0) is 35.9. The lowest BCUT2D eigenvalue weighted by molar-refractivity contribution is 0.103. The lowest BCUT2D eigenvalue weighted by Crippen LogP contribution is -2.48. The summed E-state index contributed by atoms with van der Waals surface area (Å²) in [7, 11) is 0.